The summed E-state index contributed by atoms with van der Waals surface area (Å²) in [5.41, 5.74) is 4.07. The van der Waals surface area contributed by atoms with Crippen molar-refractivity contribution in [2.75, 3.05) is 5.43 Å². The molecular weight excluding hydrogens is 270 g/mol. The standard InChI is InChI=1S/C9H9N7S2/c10-16-9-11-1-5(18-9)2-17-8-6-7(13-3-12-6)14-4-15-8/h1,3-4H,2,10H2,(H,11,16)(H,12,13,14,15). The normalized spacial score (nSPS) is 10.9. The lowest BCUT2D eigenvalue weighted by Crippen LogP contribution is -2.05. The average Bonchev–Trinajstić information content (AvgIpc) is 3.05. The molecule has 3 rings (SSSR count). The number of thiazole rings is 1. The van der Waals surface area contributed by atoms with Crippen molar-refractivity contribution in [3.05, 3.63) is 23.7 Å². The summed E-state index contributed by atoms with van der Waals surface area (Å²) in [5, 5.41) is 1.59. The molecule has 18 heavy (non-hydrogen) atoms. The Kier molecular flexibility index (Phi) is 3.09. The molecular formula is C9H9N7S2. The molecule has 0 unspecified atom stereocenters. The molecule has 0 radical (unpaired) electrons. The van der Waals surface area contributed by atoms with Gasteiger partial charge in [0.25, 0.3) is 0 Å². The summed E-state index contributed by atoms with van der Waals surface area (Å²) in [5.74, 6) is 6.07. The van der Waals surface area contributed by atoms with Crippen molar-refractivity contribution in [1.82, 2.24) is 24.9 Å². The number of fused-ring (bicyclic) bond motifs is 1. The van der Waals surface area contributed by atoms with Crippen LogP contribution in [0.4, 0.5) is 5.13 Å². The van der Waals surface area contributed by atoms with E-state index in [4.69, 9.17) is 5.84 Å². The van der Waals surface area contributed by atoms with Crippen LogP contribution in [0.1, 0.15) is 4.88 Å². The van der Waals surface area contributed by atoms with E-state index in [1.54, 1.807) is 24.3 Å². The molecule has 7 nitrogen and oxygen atoms in total. The van der Waals surface area contributed by atoms with E-state index in [0.29, 0.717) is 10.8 Å². The van der Waals surface area contributed by atoms with Crippen LogP contribution in [0, 0.1) is 0 Å². The van der Waals surface area contributed by atoms with Crippen LogP contribution in [0.25, 0.3) is 11.2 Å². The van der Waals surface area contributed by atoms with Crippen LogP contribution in [0.15, 0.2) is 23.9 Å². The number of aromatic amines is 1. The molecule has 0 aliphatic rings. The Morgan fingerprint density at radius 3 is 3.11 bits per heavy atom. The molecule has 3 heterocycles. The first-order valence-corrected chi connectivity index (χ1v) is 6.85. The largest absolute Gasteiger partial charge is 0.341 e. The van der Waals surface area contributed by atoms with Crippen molar-refractivity contribution in [2.24, 2.45) is 5.84 Å². The second-order valence-corrected chi connectivity index (χ2v) is 5.42. The van der Waals surface area contributed by atoms with Gasteiger partial charge in [0.15, 0.2) is 10.8 Å². The fourth-order valence-corrected chi connectivity index (χ4v) is 3.13. The number of rotatable bonds is 4. The van der Waals surface area contributed by atoms with Crippen LogP contribution in [-0.2, 0) is 5.75 Å². The van der Waals surface area contributed by atoms with Gasteiger partial charge in [-0.05, 0) is 0 Å². The van der Waals surface area contributed by atoms with Crippen molar-refractivity contribution < 1.29 is 0 Å². The molecule has 0 fully saturated rings. The Morgan fingerprint density at radius 2 is 2.28 bits per heavy atom. The summed E-state index contributed by atoms with van der Waals surface area (Å²) in [6.07, 6.45) is 4.94. The van der Waals surface area contributed by atoms with Gasteiger partial charge in [0.1, 0.15) is 16.9 Å². The Bertz CT molecular complexity index is 662. The predicted octanol–water partition coefficient (Wildman–Crippen LogP) is 1.39. The quantitative estimate of drug-likeness (QED) is 0.287. The number of nitrogens with two attached hydrogens (primary N) is 1. The van der Waals surface area contributed by atoms with Crippen LogP contribution in [0.2, 0.25) is 0 Å². The molecule has 0 aliphatic carbocycles. The molecule has 3 aromatic heterocycles. The topological polar surface area (TPSA) is 105 Å². The maximum atomic E-state index is 5.29. The van der Waals surface area contributed by atoms with Gasteiger partial charge in [-0.25, -0.2) is 25.8 Å². The Labute approximate surface area is 110 Å². The first kappa shape index (κ1) is 11.4. The van der Waals surface area contributed by atoms with Gasteiger partial charge in [0.2, 0.25) is 0 Å². The maximum absolute atomic E-state index is 5.29. The Hall–Kier alpha value is -1.71. The SMILES string of the molecule is NNc1ncc(CSc2ncnc3nc[nH]c23)s1. The minimum absolute atomic E-state index is 0.682. The number of aromatic nitrogens is 5. The first-order chi connectivity index (χ1) is 8.86. The summed E-state index contributed by atoms with van der Waals surface area (Å²) >= 11 is 3.13. The van der Waals surface area contributed by atoms with E-state index in [2.05, 4.69) is 30.3 Å². The molecule has 0 spiro atoms. The molecule has 0 aromatic carbocycles. The van der Waals surface area contributed by atoms with E-state index in [1.807, 2.05) is 0 Å². The number of H-pyrrole nitrogens is 1. The van der Waals surface area contributed by atoms with Crippen molar-refractivity contribution in [3.8, 4) is 0 Å². The van der Waals surface area contributed by atoms with E-state index in [1.165, 1.54) is 17.7 Å². The summed E-state index contributed by atoms with van der Waals surface area (Å²) in [6, 6.07) is 0. The lowest BCUT2D eigenvalue weighted by atomic mass is 10.6. The number of imidazole rings is 1. The number of thioether (sulfide) groups is 1. The van der Waals surface area contributed by atoms with Crippen molar-refractivity contribution >= 4 is 39.4 Å². The third-order valence-electron chi connectivity index (χ3n) is 2.22. The highest BCUT2D eigenvalue weighted by molar-refractivity contribution is 7.98. The third kappa shape index (κ3) is 2.15. The summed E-state index contributed by atoms with van der Waals surface area (Å²) in [6.45, 7) is 0. The number of hydrogen-bond acceptors (Lipinski definition) is 8. The zero-order chi connectivity index (χ0) is 12.4. The summed E-state index contributed by atoms with van der Waals surface area (Å²) in [7, 11) is 0. The predicted molar refractivity (Wildman–Crippen MR) is 71.2 cm³/mol. The van der Waals surface area contributed by atoms with Crippen LogP contribution in [0.5, 0.6) is 0 Å². The average molecular weight is 279 g/mol. The molecule has 0 bridgehead atoms. The molecule has 4 N–H and O–H groups in total. The minimum atomic E-state index is 0.682. The maximum Gasteiger partial charge on any atom is 0.197 e. The zero-order valence-electron chi connectivity index (χ0n) is 9.12. The molecule has 3 aromatic rings. The number of anilines is 1. The van der Waals surface area contributed by atoms with Gasteiger partial charge < -0.3 is 4.98 Å². The minimum Gasteiger partial charge on any atom is -0.341 e. The highest BCUT2D eigenvalue weighted by atomic mass is 32.2. The molecule has 0 saturated heterocycles. The monoisotopic (exact) mass is 279 g/mol. The Morgan fingerprint density at radius 1 is 1.33 bits per heavy atom. The molecule has 0 saturated carbocycles. The number of hydrogen-bond donors (Lipinski definition) is 3. The zero-order valence-corrected chi connectivity index (χ0v) is 10.8. The molecule has 92 valence electrons. The van der Waals surface area contributed by atoms with Gasteiger partial charge in [-0.2, -0.15) is 0 Å². The van der Waals surface area contributed by atoms with Crippen molar-refractivity contribution in [1.29, 1.82) is 0 Å². The molecule has 9 heteroatoms. The highest BCUT2D eigenvalue weighted by Crippen LogP contribution is 2.28. The van der Waals surface area contributed by atoms with Crippen molar-refractivity contribution in [2.45, 2.75) is 10.8 Å². The lowest BCUT2D eigenvalue weighted by molar-refractivity contribution is 1.08. The van der Waals surface area contributed by atoms with E-state index in [-0.39, 0.29) is 0 Å². The van der Waals surface area contributed by atoms with E-state index < -0.39 is 0 Å². The lowest BCUT2D eigenvalue weighted by Gasteiger charge is -1.98. The van der Waals surface area contributed by atoms with Gasteiger partial charge in [-0.15, -0.1) is 11.3 Å². The Balaban J connectivity index is 1.78. The fourth-order valence-electron chi connectivity index (χ4n) is 1.43. The van der Waals surface area contributed by atoms with Crippen LogP contribution < -0.4 is 11.3 Å². The van der Waals surface area contributed by atoms with Gasteiger partial charge in [-0.1, -0.05) is 11.8 Å². The molecule has 0 atom stereocenters. The number of nitrogens with zero attached hydrogens (tertiary/aromatic N) is 4. The van der Waals surface area contributed by atoms with Gasteiger partial charge in [0, 0.05) is 16.8 Å². The van der Waals surface area contributed by atoms with Crippen LogP contribution in [0.3, 0.4) is 0 Å². The highest BCUT2D eigenvalue weighted by Gasteiger charge is 2.08. The van der Waals surface area contributed by atoms with Crippen LogP contribution >= 0.6 is 23.1 Å². The number of nitrogens with one attached hydrogen (secondary N) is 2. The fraction of sp³-hybridized carbons (Fsp3) is 0.111. The smallest absolute Gasteiger partial charge is 0.197 e. The summed E-state index contributed by atoms with van der Waals surface area (Å²) < 4.78 is 0. The van der Waals surface area contributed by atoms with E-state index >= 15 is 0 Å². The van der Waals surface area contributed by atoms with Gasteiger partial charge in [-0.3, -0.25) is 5.43 Å². The van der Waals surface area contributed by atoms with Gasteiger partial charge >= 0.3 is 0 Å². The molecule has 0 aliphatic heterocycles. The van der Waals surface area contributed by atoms with E-state index in [0.717, 1.165) is 21.2 Å². The second kappa shape index (κ2) is 4.88. The second-order valence-electron chi connectivity index (χ2n) is 3.34. The van der Waals surface area contributed by atoms with E-state index in [9.17, 15) is 0 Å². The number of hydrazine groups is 1. The first-order valence-electron chi connectivity index (χ1n) is 5.05. The number of nitrogen functional groups attached to an aromatic ring is 1. The third-order valence-corrected chi connectivity index (χ3v) is 4.37. The van der Waals surface area contributed by atoms with Crippen LogP contribution in [-0.4, -0.2) is 24.9 Å². The van der Waals surface area contributed by atoms with Gasteiger partial charge in [0.05, 0.1) is 6.33 Å². The molecule has 0 amide bonds. The summed E-state index contributed by atoms with van der Waals surface area (Å²) in [4.78, 5) is 20.7. The van der Waals surface area contributed by atoms with Crippen molar-refractivity contribution in [3.63, 3.8) is 0 Å².